The van der Waals surface area contributed by atoms with Gasteiger partial charge in [0.15, 0.2) is 0 Å². The fraction of sp³-hybridized carbons (Fsp3) is 0.400. The van der Waals surface area contributed by atoms with E-state index in [0.29, 0.717) is 34.8 Å². The Morgan fingerprint density at radius 3 is 2.76 bits per heavy atom. The third-order valence-corrected chi connectivity index (χ3v) is 6.11. The van der Waals surface area contributed by atoms with Crippen LogP contribution in [0.4, 0.5) is 4.79 Å². The number of carbonyl (C=O) groups is 1. The van der Waals surface area contributed by atoms with Crippen LogP contribution in [0.5, 0.6) is 0 Å². The lowest BCUT2D eigenvalue weighted by Gasteiger charge is -2.22. The van der Waals surface area contributed by atoms with E-state index in [-0.39, 0.29) is 18.1 Å². The predicted molar refractivity (Wildman–Crippen MR) is 131 cm³/mol. The molecule has 2 amide bonds. The van der Waals surface area contributed by atoms with Gasteiger partial charge in [-0.3, -0.25) is 9.69 Å². The summed E-state index contributed by atoms with van der Waals surface area (Å²) in [6.07, 6.45) is 3.34. The topological polar surface area (TPSA) is 81.3 Å². The Morgan fingerprint density at radius 1 is 1.18 bits per heavy atom. The van der Waals surface area contributed by atoms with Crippen molar-refractivity contribution in [3.05, 3.63) is 74.8 Å². The van der Waals surface area contributed by atoms with Gasteiger partial charge in [0.2, 0.25) is 0 Å². The first-order valence-electron chi connectivity index (χ1n) is 11.5. The molecule has 0 aliphatic carbocycles. The van der Waals surface area contributed by atoms with Crippen molar-refractivity contribution in [2.24, 2.45) is 0 Å². The molecule has 0 unspecified atom stereocenters. The zero-order valence-electron chi connectivity index (χ0n) is 18.9. The van der Waals surface area contributed by atoms with Gasteiger partial charge >= 0.3 is 6.03 Å². The normalized spacial score (nSPS) is 14.0. The zero-order valence-corrected chi connectivity index (χ0v) is 19.7. The van der Waals surface area contributed by atoms with E-state index in [1.165, 1.54) is 18.4 Å². The van der Waals surface area contributed by atoms with Crippen LogP contribution < -0.4 is 10.9 Å². The van der Waals surface area contributed by atoms with Crippen molar-refractivity contribution >= 4 is 28.5 Å². The maximum atomic E-state index is 12.9. The highest BCUT2D eigenvalue weighted by Crippen LogP contribution is 2.16. The summed E-state index contributed by atoms with van der Waals surface area (Å²) in [4.78, 5) is 36.8. The number of halogens is 1. The van der Waals surface area contributed by atoms with E-state index in [1.807, 2.05) is 19.1 Å². The van der Waals surface area contributed by atoms with Gasteiger partial charge in [-0.05, 0) is 61.7 Å². The molecule has 7 nitrogen and oxygen atoms in total. The lowest BCUT2D eigenvalue weighted by Crippen LogP contribution is -2.40. The van der Waals surface area contributed by atoms with Crippen LogP contribution in [-0.2, 0) is 19.6 Å². The summed E-state index contributed by atoms with van der Waals surface area (Å²) in [7, 11) is 0. The molecule has 0 atom stereocenters. The second kappa shape index (κ2) is 10.8. The maximum Gasteiger partial charge on any atom is 0.318 e. The quantitative estimate of drug-likeness (QED) is 0.517. The van der Waals surface area contributed by atoms with E-state index in [1.54, 1.807) is 23.1 Å². The van der Waals surface area contributed by atoms with Crippen molar-refractivity contribution in [2.75, 3.05) is 19.6 Å². The molecule has 3 aromatic rings. The summed E-state index contributed by atoms with van der Waals surface area (Å²) in [6.45, 7) is 6.50. The Morgan fingerprint density at radius 2 is 1.97 bits per heavy atom. The molecule has 4 rings (SSSR count). The molecule has 8 heteroatoms. The average molecular weight is 468 g/mol. The molecule has 1 saturated heterocycles. The van der Waals surface area contributed by atoms with Gasteiger partial charge in [-0.15, -0.1) is 0 Å². The fourth-order valence-electron chi connectivity index (χ4n) is 4.27. The third kappa shape index (κ3) is 6.12. The van der Waals surface area contributed by atoms with Crippen LogP contribution in [0, 0.1) is 0 Å². The molecule has 1 aromatic heterocycles. The average Bonchev–Trinajstić information content (AvgIpc) is 3.30. The Kier molecular flexibility index (Phi) is 7.62. The minimum absolute atomic E-state index is 0.185. The van der Waals surface area contributed by atoms with Gasteiger partial charge in [-0.25, -0.2) is 9.78 Å². The SMILES string of the molecule is CCCN(Cc1nc2cc(Cl)ccc2c(=O)[nH]1)C(=O)NCc1cccc(CN2CCCC2)c1. The summed E-state index contributed by atoms with van der Waals surface area (Å²) in [5.74, 6) is 0.436. The summed E-state index contributed by atoms with van der Waals surface area (Å²) in [5.41, 5.74) is 2.63. The Bertz CT molecular complexity index is 1170. The molecule has 0 spiro atoms. The van der Waals surface area contributed by atoms with Crippen molar-refractivity contribution in [1.29, 1.82) is 0 Å². The molecule has 0 saturated carbocycles. The number of likely N-dealkylation sites (tertiary alicyclic amines) is 1. The monoisotopic (exact) mass is 467 g/mol. The first kappa shape index (κ1) is 23.3. The number of fused-ring (bicyclic) bond motifs is 1. The minimum Gasteiger partial charge on any atom is -0.334 e. The van der Waals surface area contributed by atoms with Gasteiger partial charge < -0.3 is 15.2 Å². The molecule has 0 bridgehead atoms. The number of urea groups is 1. The van der Waals surface area contributed by atoms with Crippen molar-refractivity contribution in [3.8, 4) is 0 Å². The number of benzene rings is 2. The number of rotatable bonds is 8. The molecular weight excluding hydrogens is 438 g/mol. The number of H-pyrrole nitrogens is 1. The first-order chi connectivity index (χ1) is 16.0. The van der Waals surface area contributed by atoms with Crippen LogP contribution in [0.2, 0.25) is 5.02 Å². The number of nitrogens with zero attached hydrogens (tertiary/aromatic N) is 3. The molecule has 0 radical (unpaired) electrons. The molecule has 1 aliphatic rings. The number of hydrogen-bond donors (Lipinski definition) is 2. The van der Waals surface area contributed by atoms with Crippen LogP contribution in [0.3, 0.4) is 0 Å². The van der Waals surface area contributed by atoms with Gasteiger partial charge in [0.1, 0.15) is 5.82 Å². The number of hydrogen-bond acceptors (Lipinski definition) is 4. The van der Waals surface area contributed by atoms with Crippen molar-refractivity contribution in [1.82, 2.24) is 25.1 Å². The standard InChI is InChI=1S/C25H30ClN5O2/c1-2-10-31(17-23-28-22-14-20(26)8-9-21(22)24(32)29-23)25(33)27-15-18-6-5-7-19(13-18)16-30-11-3-4-12-30/h5-9,13-14H,2-4,10-12,15-17H2,1H3,(H,27,33)(H,28,29,32). The first-order valence-corrected chi connectivity index (χ1v) is 11.9. The largest absolute Gasteiger partial charge is 0.334 e. The fourth-order valence-corrected chi connectivity index (χ4v) is 4.43. The molecule has 2 heterocycles. The highest BCUT2D eigenvalue weighted by molar-refractivity contribution is 6.31. The number of nitrogens with one attached hydrogen (secondary N) is 2. The Hall–Kier alpha value is -2.90. The van der Waals surface area contributed by atoms with Crippen LogP contribution in [0.25, 0.3) is 10.9 Å². The Balaban J connectivity index is 1.41. The number of amides is 2. The van der Waals surface area contributed by atoms with Crippen LogP contribution in [-0.4, -0.2) is 45.4 Å². The summed E-state index contributed by atoms with van der Waals surface area (Å²) >= 11 is 6.06. The molecule has 2 N–H and O–H groups in total. The lowest BCUT2D eigenvalue weighted by atomic mass is 10.1. The third-order valence-electron chi connectivity index (χ3n) is 5.88. The van der Waals surface area contributed by atoms with E-state index in [2.05, 4.69) is 32.3 Å². The second-order valence-corrected chi connectivity index (χ2v) is 8.99. The highest BCUT2D eigenvalue weighted by atomic mass is 35.5. The number of aromatic amines is 1. The number of carbonyl (C=O) groups excluding carboxylic acids is 1. The minimum atomic E-state index is -0.238. The van der Waals surface area contributed by atoms with Gasteiger partial charge in [0.25, 0.3) is 5.56 Å². The van der Waals surface area contributed by atoms with Gasteiger partial charge in [-0.1, -0.05) is 42.8 Å². The molecule has 33 heavy (non-hydrogen) atoms. The molecule has 1 fully saturated rings. The van der Waals surface area contributed by atoms with Gasteiger partial charge in [-0.2, -0.15) is 0 Å². The zero-order chi connectivity index (χ0) is 23.2. The van der Waals surface area contributed by atoms with E-state index in [4.69, 9.17) is 11.6 Å². The van der Waals surface area contributed by atoms with E-state index in [9.17, 15) is 9.59 Å². The second-order valence-electron chi connectivity index (χ2n) is 8.56. The van der Waals surface area contributed by atoms with Crippen LogP contribution in [0.1, 0.15) is 43.1 Å². The van der Waals surface area contributed by atoms with E-state index < -0.39 is 0 Å². The smallest absolute Gasteiger partial charge is 0.318 e. The Labute approximate surface area is 198 Å². The van der Waals surface area contributed by atoms with Crippen molar-refractivity contribution in [3.63, 3.8) is 0 Å². The lowest BCUT2D eigenvalue weighted by molar-refractivity contribution is 0.193. The van der Waals surface area contributed by atoms with Crippen molar-refractivity contribution in [2.45, 2.75) is 45.8 Å². The summed E-state index contributed by atoms with van der Waals surface area (Å²) < 4.78 is 0. The number of aromatic nitrogens is 2. The molecule has 1 aliphatic heterocycles. The van der Waals surface area contributed by atoms with Gasteiger partial charge in [0, 0.05) is 24.7 Å². The van der Waals surface area contributed by atoms with Gasteiger partial charge in [0.05, 0.1) is 17.4 Å². The van der Waals surface area contributed by atoms with Crippen molar-refractivity contribution < 1.29 is 4.79 Å². The van der Waals surface area contributed by atoms with Crippen LogP contribution in [0.15, 0.2) is 47.3 Å². The molecule has 2 aromatic carbocycles. The molecular formula is C25H30ClN5O2. The maximum absolute atomic E-state index is 12.9. The van der Waals surface area contributed by atoms with E-state index >= 15 is 0 Å². The van der Waals surface area contributed by atoms with Crippen LogP contribution >= 0.6 is 11.6 Å². The van der Waals surface area contributed by atoms with E-state index in [0.717, 1.165) is 31.6 Å². The summed E-state index contributed by atoms with van der Waals surface area (Å²) in [6, 6.07) is 13.2. The summed E-state index contributed by atoms with van der Waals surface area (Å²) in [5, 5.41) is 4.01. The highest BCUT2D eigenvalue weighted by Gasteiger charge is 2.16. The predicted octanol–water partition coefficient (Wildman–Crippen LogP) is 4.29. The molecule has 174 valence electrons.